The second-order valence-corrected chi connectivity index (χ2v) is 10.3. The molecule has 0 radical (unpaired) electrons. The molecule has 2 amide bonds. The maximum atomic E-state index is 13.2. The van der Waals surface area contributed by atoms with Crippen molar-refractivity contribution in [2.45, 2.75) is 44.4 Å². The summed E-state index contributed by atoms with van der Waals surface area (Å²) in [7, 11) is 0. The van der Waals surface area contributed by atoms with Gasteiger partial charge in [0.05, 0.1) is 30.7 Å². The molecule has 3 aromatic rings. The number of piperidine rings is 1. The number of carbonyl (C=O) groups is 2. The highest BCUT2D eigenvalue weighted by molar-refractivity contribution is 5.92. The average Bonchev–Trinajstić information content (AvgIpc) is 3.42. The number of carbonyl (C=O) groups excluding carboxylic acids is 2. The van der Waals surface area contributed by atoms with Crippen molar-refractivity contribution in [3.63, 3.8) is 0 Å². The lowest BCUT2D eigenvalue weighted by molar-refractivity contribution is -0.151. The fourth-order valence-electron chi connectivity index (χ4n) is 5.11. The summed E-state index contributed by atoms with van der Waals surface area (Å²) in [6.07, 6.45) is -2.99. The van der Waals surface area contributed by atoms with Crippen molar-refractivity contribution in [3.8, 4) is 11.1 Å². The van der Waals surface area contributed by atoms with E-state index >= 15 is 0 Å². The number of halogens is 3. The van der Waals surface area contributed by atoms with Crippen LogP contribution in [0.5, 0.6) is 0 Å². The third-order valence-electron chi connectivity index (χ3n) is 7.68. The highest BCUT2D eigenvalue weighted by Gasteiger charge is 2.34. The van der Waals surface area contributed by atoms with Crippen molar-refractivity contribution in [1.29, 1.82) is 0 Å². The zero-order valence-corrected chi connectivity index (χ0v) is 22.0. The molecule has 2 aliphatic rings. The molecule has 2 saturated heterocycles. The molecule has 5 rings (SSSR count). The van der Waals surface area contributed by atoms with E-state index in [0.29, 0.717) is 48.8 Å². The van der Waals surface area contributed by atoms with Crippen LogP contribution >= 0.6 is 0 Å². The van der Waals surface area contributed by atoms with E-state index < -0.39 is 17.6 Å². The van der Waals surface area contributed by atoms with Gasteiger partial charge in [0.1, 0.15) is 5.76 Å². The summed E-state index contributed by atoms with van der Waals surface area (Å²) in [4.78, 5) is 27.1. The quantitative estimate of drug-likeness (QED) is 0.438. The maximum Gasteiger partial charge on any atom is 0.416 e. The molecular weight excluding hydrogens is 525 g/mol. The van der Waals surface area contributed by atoms with Gasteiger partial charge in [0.2, 0.25) is 5.91 Å². The number of rotatable bonds is 7. The molecule has 40 heavy (non-hydrogen) atoms. The molecule has 8 nitrogen and oxygen atoms in total. The zero-order valence-electron chi connectivity index (χ0n) is 22.0. The summed E-state index contributed by atoms with van der Waals surface area (Å²) in [5.41, 5.74) is 7.59. The van der Waals surface area contributed by atoms with E-state index in [1.807, 2.05) is 11.8 Å². The Kier molecular flexibility index (Phi) is 7.95. The molecule has 11 heteroatoms. The number of alkyl halides is 3. The molecule has 3 N–H and O–H groups in total. The summed E-state index contributed by atoms with van der Waals surface area (Å²) in [5.74, 6) is 0.416. The van der Waals surface area contributed by atoms with Crippen LogP contribution in [0, 0.1) is 5.92 Å². The van der Waals surface area contributed by atoms with Gasteiger partial charge in [-0.05, 0) is 54.2 Å². The topological polar surface area (TPSA) is 111 Å². The van der Waals surface area contributed by atoms with Crippen LogP contribution in [0.4, 0.5) is 13.2 Å². The molecule has 3 heterocycles. The Morgan fingerprint density at radius 1 is 1.10 bits per heavy atom. The smallest absolute Gasteiger partial charge is 0.380 e. The van der Waals surface area contributed by atoms with Gasteiger partial charge in [0.15, 0.2) is 5.69 Å². The largest absolute Gasteiger partial charge is 0.416 e. The average molecular weight is 557 g/mol. The molecule has 212 valence electrons. The van der Waals surface area contributed by atoms with Gasteiger partial charge in [-0.3, -0.25) is 9.59 Å². The number of nitrogens with zero attached hydrogens (tertiary/aromatic N) is 2. The molecule has 2 aromatic carbocycles. The minimum Gasteiger partial charge on any atom is -0.380 e. The van der Waals surface area contributed by atoms with Gasteiger partial charge in [0.25, 0.3) is 5.91 Å². The van der Waals surface area contributed by atoms with Crippen LogP contribution in [0.2, 0.25) is 0 Å². The van der Waals surface area contributed by atoms with Crippen LogP contribution in [-0.4, -0.2) is 48.2 Å². The van der Waals surface area contributed by atoms with Gasteiger partial charge in [0, 0.05) is 31.6 Å². The van der Waals surface area contributed by atoms with Gasteiger partial charge in [-0.15, -0.1) is 0 Å². The van der Waals surface area contributed by atoms with E-state index in [2.05, 4.69) is 10.5 Å². The third-order valence-corrected chi connectivity index (χ3v) is 7.68. The van der Waals surface area contributed by atoms with Crippen LogP contribution in [0.25, 0.3) is 11.1 Å². The molecule has 0 aliphatic carbocycles. The van der Waals surface area contributed by atoms with Crippen molar-refractivity contribution >= 4 is 11.8 Å². The van der Waals surface area contributed by atoms with Crippen LogP contribution in [0.15, 0.2) is 53.1 Å². The number of likely N-dealkylation sites (tertiary alicyclic amines) is 1. The van der Waals surface area contributed by atoms with Gasteiger partial charge in [-0.25, -0.2) is 0 Å². The molecular formula is C29H31F3N4O4. The minimum atomic E-state index is -4.46. The first-order chi connectivity index (χ1) is 19.1. The Labute approximate surface area is 229 Å². The van der Waals surface area contributed by atoms with Crippen LogP contribution in [0.1, 0.15) is 64.7 Å². The monoisotopic (exact) mass is 556 g/mol. The van der Waals surface area contributed by atoms with E-state index in [9.17, 15) is 22.8 Å². The molecule has 1 aromatic heterocycles. The second-order valence-electron chi connectivity index (χ2n) is 10.3. The van der Waals surface area contributed by atoms with E-state index in [-0.39, 0.29) is 36.0 Å². The number of aromatic nitrogens is 1. The molecule has 0 bridgehead atoms. The number of benzene rings is 2. The molecule has 0 unspecified atom stereocenters. The molecule has 2 fully saturated rings. The fourth-order valence-corrected chi connectivity index (χ4v) is 5.11. The van der Waals surface area contributed by atoms with Crippen molar-refractivity contribution in [1.82, 2.24) is 15.4 Å². The first kappa shape index (κ1) is 27.9. The summed E-state index contributed by atoms with van der Waals surface area (Å²) in [6.45, 7) is 4.16. The number of amides is 2. The summed E-state index contributed by atoms with van der Waals surface area (Å²) in [5, 5.41) is 6.85. The minimum absolute atomic E-state index is 0.0284. The number of hydrogen-bond donors (Lipinski definition) is 2. The molecule has 1 atom stereocenters. The van der Waals surface area contributed by atoms with Crippen LogP contribution in [0.3, 0.4) is 0 Å². The Hall–Kier alpha value is -3.70. The lowest BCUT2D eigenvalue weighted by atomic mass is 9.93. The highest BCUT2D eigenvalue weighted by Crippen LogP contribution is 2.35. The van der Waals surface area contributed by atoms with Crippen molar-refractivity contribution in [2.24, 2.45) is 11.7 Å². The van der Waals surface area contributed by atoms with Crippen LogP contribution in [-0.2, 0) is 22.3 Å². The number of hydrogen-bond acceptors (Lipinski definition) is 6. The van der Waals surface area contributed by atoms with Gasteiger partial charge in [-0.1, -0.05) is 35.5 Å². The summed E-state index contributed by atoms with van der Waals surface area (Å²) < 4.78 is 50.3. The van der Waals surface area contributed by atoms with Gasteiger partial charge >= 0.3 is 6.18 Å². The van der Waals surface area contributed by atoms with Crippen LogP contribution < -0.4 is 11.1 Å². The standard InChI is InChI=1S/C29H31F3N4O4/c1-17(18-2-4-19(5-3-18)24-12-23(29(30,31)32)7-6-21(24)14-33)34-27(37)25-13-26(40-35-25)20-8-10-36(11-9-20)28(38)22-15-39-16-22/h2-7,12-13,17,20,22H,8-11,14-16,33H2,1H3,(H,34,37)/t17-/m1/s1. The number of nitrogens with two attached hydrogens (primary N) is 1. The number of ether oxygens (including phenoxy) is 1. The predicted octanol–water partition coefficient (Wildman–Crippen LogP) is 4.66. The molecule has 0 spiro atoms. The fraction of sp³-hybridized carbons (Fsp3) is 0.414. The van der Waals surface area contributed by atoms with E-state index in [1.54, 1.807) is 30.3 Å². The Morgan fingerprint density at radius 2 is 1.80 bits per heavy atom. The first-order valence-electron chi connectivity index (χ1n) is 13.3. The maximum absolute atomic E-state index is 13.2. The second kappa shape index (κ2) is 11.4. The van der Waals surface area contributed by atoms with E-state index in [0.717, 1.165) is 30.5 Å². The SMILES string of the molecule is C[C@@H](NC(=O)c1cc(C2CCN(C(=O)C3COC3)CC2)on1)c1ccc(-c2cc(C(F)(F)F)ccc2CN)cc1. The van der Waals surface area contributed by atoms with E-state index in [4.69, 9.17) is 15.0 Å². The summed E-state index contributed by atoms with van der Waals surface area (Å²) >= 11 is 0. The Morgan fingerprint density at radius 3 is 2.40 bits per heavy atom. The van der Waals surface area contributed by atoms with Crippen molar-refractivity contribution < 1.29 is 32.0 Å². The summed E-state index contributed by atoms with van der Waals surface area (Å²) in [6, 6.07) is 11.8. The normalized spacial score (nSPS) is 17.4. The van der Waals surface area contributed by atoms with Gasteiger partial charge < -0.3 is 25.2 Å². The zero-order chi connectivity index (χ0) is 28.4. The third kappa shape index (κ3) is 5.90. The first-order valence-corrected chi connectivity index (χ1v) is 13.3. The lowest BCUT2D eigenvalue weighted by Crippen LogP contribution is -2.47. The molecule has 2 aliphatic heterocycles. The van der Waals surface area contributed by atoms with E-state index in [1.165, 1.54) is 6.07 Å². The Bertz CT molecular complexity index is 1360. The molecule has 0 saturated carbocycles. The van der Waals surface area contributed by atoms with Crippen molar-refractivity contribution in [2.75, 3.05) is 26.3 Å². The van der Waals surface area contributed by atoms with Gasteiger partial charge in [-0.2, -0.15) is 13.2 Å². The number of nitrogens with one attached hydrogen (secondary N) is 1. The van der Waals surface area contributed by atoms with Crippen molar-refractivity contribution in [3.05, 3.63) is 76.7 Å². The highest BCUT2D eigenvalue weighted by atomic mass is 19.4. The predicted molar refractivity (Wildman–Crippen MR) is 140 cm³/mol. The lowest BCUT2D eigenvalue weighted by Gasteiger charge is -2.35. The Balaban J connectivity index is 1.19.